The van der Waals surface area contributed by atoms with E-state index in [1.165, 1.54) is 11.1 Å². The fourth-order valence-corrected chi connectivity index (χ4v) is 2.55. The lowest BCUT2D eigenvalue weighted by Gasteiger charge is -2.17. The third kappa shape index (κ3) is 6.57. The van der Waals surface area contributed by atoms with E-state index in [9.17, 15) is 0 Å². The summed E-state index contributed by atoms with van der Waals surface area (Å²) in [6.45, 7) is 5.77. The minimum Gasteiger partial charge on any atom is -0.496 e. The molecular weight excluding hydrogens is 425 g/mol. The molecule has 2 rings (SSSR count). The number of nitrogens with one attached hydrogen (secondary N) is 2. The Morgan fingerprint density at radius 2 is 1.84 bits per heavy atom. The fourth-order valence-electron chi connectivity index (χ4n) is 2.55. The van der Waals surface area contributed by atoms with E-state index in [1.807, 2.05) is 12.1 Å². The highest BCUT2D eigenvalue weighted by molar-refractivity contribution is 14.0. The summed E-state index contributed by atoms with van der Waals surface area (Å²) in [5, 5.41) is 6.73. The number of hydrogen-bond donors (Lipinski definition) is 2. The van der Waals surface area contributed by atoms with Crippen molar-refractivity contribution in [1.29, 1.82) is 0 Å². The van der Waals surface area contributed by atoms with Gasteiger partial charge in [-0.1, -0.05) is 49.4 Å². The average Bonchev–Trinajstić information content (AvgIpc) is 2.63. The van der Waals surface area contributed by atoms with Gasteiger partial charge in [0.2, 0.25) is 0 Å². The second kappa shape index (κ2) is 11.0. The highest BCUT2D eigenvalue weighted by atomic mass is 127. The molecule has 1 unspecified atom stereocenters. The van der Waals surface area contributed by atoms with Crippen LogP contribution < -0.4 is 15.4 Å². The van der Waals surface area contributed by atoms with Gasteiger partial charge in [-0.05, 0) is 30.0 Å². The van der Waals surface area contributed by atoms with Crippen molar-refractivity contribution in [3.63, 3.8) is 0 Å². The summed E-state index contributed by atoms with van der Waals surface area (Å²) in [7, 11) is 3.49. The van der Waals surface area contributed by atoms with Gasteiger partial charge >= 0.3 is 0 Å². The van der Waals surface area contributed by atoms with Crippen LogP contribution in [0.1, 0.15) is 29.5 Å². The molecule has 0 heterocycles. The Hall–Kier alpha value is -1.76. The predicted octanol–water partition coefficient (Wildman–Crippen LogP) is 4.09. The standard InChI is InChI=1S/C20H27N3O.HI/c1-15-10-11-18(19(12-15)24-4)14-23-20(21-3)22-13-16(2)17-8-6-5-7-9-17;/h5-12,16H,13-14H2,1-4H3,(H2,21,22,23);1H. The van der Waals surface area contributed by atoms with Crippen molar-refractivity contribution in [3.05, 3.63) is 65.2 Å². The number of methoxy groups -OCH3 is 1. The lowest BCUT2D eigenvalue weighted by atomic mass is 10.0. The van der Waals surface area contributed by atoms with Crippen LogP contribution in [0.25, 0.3) is 0 Å². The average molecular weight is 453 g/mol. The molecule has 25 heavy (non-hydrogen) atoms. The smallest absolute Gasteiger partial charge is 0.191 e. The number of halogens is 1. The number of nitrogens with zero attached hydrogens (tertiary/aromatic N) is 1. The largest absolute Gasteiger partial charge is 0.496 e. The molecule has 0 saturated heterocycles. The molecule has 2 aromatic carbocycles. The second-order valence-electron chi connectivity index (χ2n) is 5.93. The summed E-state index contributed by atoms with van der Waals surface area (Å²) in [5.41, 5.74) is 3.62. The van der Waals surface area contributed by atoms with Gasteiger partial charge in [0.05, 0.1) is 7.11 Å². The van der Waals surface area contributed by atoms with Crippen molar-refractivity contribution >= 4 is 29.9 Å². The quantitative estimate of drug-likeness (QED) is 0.394. The maximum absolute atomic E-state index is 5.45. The normalized spacial score (nSPS) is 12.1. The van der Waals surface area contributed by atoms with Crippen LogP contribution in [0.5, 0.6) is 5.75 Å². The van der Waals surface area contributed by atoms with Gasteiger partial charge < -0.3 is 15.4 Å². The first kappa shape index (κ1) is 21.3. The van der Waals surface area contributed by atoms with Crippen LogP contribution in [0.4, 0.5) is 0 Å². The lowest BCUT2D eigenvalue weighted by Crippen LogP contribution is -2.38. The highest BCUT2D eigenvalue weighted by Crippen LogP contribution is 2.19. The number of hydrogen-bond acceptors (Lipinski definition) is 2. The van der Waals surface area contributed by atoms with Gasteiger partial charge in [0.25, 0.3) is 0 Å². The molecule has 0 radical (unpaired) electrons. The van der Waals surface area contributed by atoms with Crippen LogP contribution in [-0.2, 0) is 6.54 Å². The summed E-state index contributed by atoms with van der Waals surface area (Å²) >= 11 is 0. The van der Waals surface area contributed by atoms with Crippen LogP contribution >= 0.6 is 24.0 Å². The zero-order chi connectivity index (χ0) is 17.4. The predicted molar refractivity (Wildman–Crippen MR) is 116 cm³/mol. The Morgan fingerprint density at radius 3 is 2.48 bits per heavy atom. The Kier molecular flexibility index (Phi) is 9.34. The van der Waals surface area contributed by atoms with Crippen molar-refractivity contribution in [2.75, 3.05) is 20.7 Å². The lowest BCUT2D eigenvalue weighted by molar-refractivity contribution is 0.408. The van der Waals surface area contributed by atoms with Gasteiger partial charge in [0, 0.05) is 25.7 Å². The van der Waals surface area contributed by atoms with Crippen LogP contribution in [0.15, 0.2) is 53.5 Å². The number of aryl methyl sites for hydroxylation is 1. The molecule has 0 aliphatic heterocycles. The SMILES string of the molecule is CN=C(NCc1ccc(C)cc1OC)NCC(C)c1ccccc1.I. The van der Waals surface area contributed by atoms with Crippen molar-refractivity contribution < 1.29 is 4.74 Å². The van der Waals surface area contributed by atoms with Gasteiger partial charge in [0.1, 0.15) is 5.75 Å². The number of ether oxygens (including phenoxy) is 1. The summed E-state index contributed by atoms with van der Waals surface area (Å²) in [6.07, 6.45) is 0. The minimum atomic E-state index is 0. The molecule has 5 heteroatoms. The van der Waals surface area contributed by atoms with E-state index in [0.717, 1.165) is 23.8 Å². The van der Waals surface area contributed by atoms with Crippen LogP contribution in [-0.4, -0.2) is 26.7 Å². The van der Waals surface area contributed by atoms with Crippen LogP contribution in [0.2, 0.25) is 0 Å². The number of benzene rings is 2. The van der Waals surface area contributed by atoms with Crippen molar-refractivity contribution in [2.24, 2.45) is 4.99 Å². The third-order valence-electron chi connectivity index (χ3n) is 4.06. The first-order valence-corrected chi connectivity index (χ1v) is 8.27. The van der Waals surface area contributed by atoms with Gasteiger partial charge in [-0.3, -0.25) is 4.99 Å². The molecule has 2 N–H and O–H groups in total. The van der Waals surface area contributed by atoms with E-state index in [2.05, 4.69) is 65.9 Å². The van der Waals surface area contributed by atoms with E-state index in [-0.39, 0.29) is 24.0 Å². The van der Waals surface area contributed by atoms with Crippen LogP contribution in [0, 0.1) is 6.92 Å². The molecule has 0 amide bonds. The molecule has 0 spiro atoms. The minimum absolute atomic E-state index is 0. The fraction of sp³-hybridized carbons (Fsp3) is 0.350. The van der Waals surface area contributed by atoms with E-state index in [4.69, 9.17) is 4.74 Å². The Bertz CT molecular complexity index is 674. The maximum Gasteiger partial charge on any atom is 0.191 e. The number of aliphatic imine (C=N–C) groups is 1. The zero-order valence-electron chi connectivity index (χ0n) is 15.4. The Labute approximate surface area is 168 Å². The van der Waals surface area contributed by atoms with E-state index in [0.29, 0.717) is 12.5 Å². The first-order valence-electron chi connectivity index (χ1n) is 8.27. The van der Waals surface area contributed by atoms with E-state index in [1.54, 1.807) is 14.2 Å². The molecule has 0 aromatic heterocycles. The summed E-state index contributed by atoms with van der Waals surface area (Å²) in [4.78, 5) is 4.30. The maximum atomic E-state index is 5.45. The molecule has 1 atom stereocenters. The van der Waals surface area contributed by atoms with Crippen molar-refractivity contribution in [3.8, 4) is 5.75 Å². The Morgan fingerprint density at radius 1 is 1.12 bits per heavy atom. The van der Waals surface area contributed by atoms with E-state index < -0.39 is 0 Å². The molecule has 0 saturated carbocycles. The molecule has 0 aliphatic rings. The van der Waals surface area contributed by atoms with Crippen molar-refractivity contribution in [1.82, 2.24) is 10.6 Å². The van der Waals surface area contributed by atoms with Gasteiger partial charge in [-0.2, -0.15) is 0 Å². The molecule has 4 nitrogen and oxygen atoms in total. The molecule has 0 fully saturated rings. The first-order chi connectivity index (χ1) is 11.6. The topological polar surface area (TPSA) is 45.7 Å². The van der Waals surface area contributed by atoms with Crippen LogP contribution in [0.3, 0.4) is 0 Å². The highest BCUT2D eigenvalue weighted by Gasteiger charge is 2.07. The molecule has 0 bridgehead atoms. The van der Waals surface area contributed by atoms with Gasteiger partial charge in [-0.25, -0.2) is 0 Å². The molecule has 136 valence electrons. The Balaban J connectivity index is 0.00000312. The summed E-state index contributed by atoms with van der Waals surface area (Å²) in [5.74, 6) is 2.11. The monoisotopic (exact) mass is 453 g/mol. The molecule has 0 aliphatic carbocycles. The zero-order valence-corrected chi connectivity index (χ0v) is 17.7. The summed E-state index contributed by atoms with van der Waals surface area (Å²) < 4.78 is 5.45. The van der Waals surface area contributed by atoms with Crippen molar-refractivity contribution in [2.45, 2.75) is 26.3 Å². The number of guanidine groups is 1. The number of rotatable bonds is 6. The van der Waals surface area contributed by atoms with Gasteiger partial charge in [-0.15, -0.1) is 24.0 Å². The third-order valence-corrected chi connectivity index (χ3v) is 4.06. The molecule has 2 aromatic rings. The van der Waals surface area contributed by atoms with Gasteiger partial charge in [0.15, 0.2) is 5.96 Å². The molecular formula is C20H28IN3O. The van der Waals surface area contributed by atoms with E-state index >= 15 is 0 Å². The summed E-state index contributed by atoms with van der Waals surface area (Å²) in [6, 6.07) is 16.7. The second-order valence-corrected chi connectivity index (χ2v) is 5.93.